The van der Waals surface area contributed by atoms with Gasteiger partial charge in [0.2, 0.25) is 0 Å². The third-order valence-electron chi connectivity index (χ3n) is 2.68. The van der Waals surface area contributed by atoms with Gasteiger partial charge in [0.15, 0.2) is 17.4 Å². The van der Waals surface area contributed by atoms with Gasteiger partial charge in [-0.15, -0.1) is 0 Å². The predicted molar refractivity (Wildman–Crippen MR) is 74.3 cm³/mol. The molecule has 0 atom stereocenters. The van der Waals surface area contributed by atoms with Gasteiger partial charge in [0.25, 0.3) is 0 Å². The molecule has 0 saturated heterocycles. The fourth-order valence-electron chi connectivity index (χ4n) is 1.70. The fraction of sp³-hybridized carbons (Fsp3) is 0.0625. The maximum Gasteiger partial charge on any atom is 0.335 e. The zero-order valence-corrected chi connectivity index (χ0v) is 10.9. The van der Waals surface area contributed by atoms with Crippen molar-refractivity contribution in [3.05, 3.63) is 71.3 Å². The van der Waals surface area contributed by atoms with Crippen LogP contribution in [0.5, 0.6) is 5.75 Å². The Morgan fingerprint density at radius 3 is 2.33 bits per heavy atom. The number of rotatable bonds is 5. The van der Waals surface area contributed by atoms with Crippen LogP contribution < -0.4 is 4.74 Å². The molecule has 5 heteroatoms. The quantitative estimate of drug-likeness (QED) is 0.912. The Bertz CT molecular complexity index is 643. The number of carboxylic acids is 1. The van der Waals surface area contributed by atoms with E-state index in [0.29, 0.717) is 0 Å². The lowest BCUT2D eigenvalue weighted by molar-refractivity contribution is 0.0695. The Morgan fingerprint density at radius 2 is 1.76 bits per heavy atom. The average molecular weight is 290 g/mol. The third kappa shape index (κ3) is 3.89. The van der Waals surface area contributed by atoms with Crippen molar-refractivity contribution in [2.75, 3.05) is 6.61 Å². The maximum atomic E-state index is 13.6. The summed E-state index contributed by atoms with van der Waals surface area (Å²) < 4.78 is 32.1. The molecule has 0 fully saturated rings. The second-order valence-electron chi connectivity index (χ2n) is 4.20. The maximum absolute atomic E-state index is 13.6. The Labute approximate surface area is 120 Å². The number of halogens is 2. The molecule has 0 heterocycles. The summed E-state index contributed by atoms with van der Waals surface area (Å²) in [6.07, 6.45) is 3.36. The summed E-state index contributed by atoms with van der Waals surface area (Å²) in [5.41, 5.74) is 0.473. The summed E-state index contributed by atoms with van der Waals surface area (Å²) in [6.45, 7) is -0.0326. The molecule has 0 aliphatic rings. The van der Waals surface area contributed by atoms with E-state index in [-0.39, 0.29) is 6.61 Å². The number of benzene rings is 2. The number of carboxylic acid groups (broad SMARTS) is 1. The summed E-state index contributed by atoms with van der Waals surface area (Å²) >= 11 is 0. The number of hydrogen-bond donors (Lipinski definition) is 1. The van der Waals surface area contributed by atoms with Gasteiger partial charge in [-0.25, -0.2) is 13.6 Å². The molecule has 0 amide bonds. The highest BCUT2D eigenvalue weighted by molar-refractivity contribution is 5.87. The molecule has 3 nitrogen and oxygen atoms in total. The molecule has 0 aromatic heterocycles. The lowest BCUT2D eigenvalue weighted by Gasteiger charge is -2.07. The lowest BCUT2D eigenvalue weighted by Crippen LogP contribution is -2.03. The van der Waals surface area contributed by atoms with Gasteiger partial charge in [0.05, 0.1) is 5.56 Å². The molecule has 0 bridgehead atoms. The fourth-order valence-corrected chi connectivity index (χ4v) is 1.70. The van der Waals surface area contributed by atoms with Crippen LogP contribution in [-0.4, -0.2) is 17.7 Å². The summed E-state index contributed by atoms with van der Waals surface area (Å²) in [5, 5.41) is 8.68. The van der Waals surface area contributed by atoms with Crippen LogP contribution in [0.2, 0.25) is 0 Å². The lowest BCUT2D eigenvalue weighted by atomic mass is 10.2. The van der Waals surface area contributed by atoms with Crippen LogP contribution in [0.1, 0.15) is 15.9 Å². The average Bonchev–Trinajstić information content (AvgIpc) is 2.46. The van der Waals surface area contributed by atoms with Crippen LogP contribution in [0.3, 0.4) is 0 Å². The number of ether oxygens (including phenoxy) is 1. The van der Waals surface area contributed by atoms with Crippen LogP contribution >= 0.6 is 0 Å². The molecule has 1 N–H and O–H groups in total. The molecular formula is C16H12F2O3. The molecule has 21 heavy (non-hydrogen) atoms. The monoisotopic (exact) mass is 290 g/mol. The Morgan fingerprint density at radius 1 is 1.14 bits per heavy atom. The van der Waals surface area contributed by atoms with Gasteiger partial charge in [0, 0.05) is 0 Å². The largest absolute Gasteiger partial charge is 0.483 e. The zero-order chi connectivity index (χ0) is 15.2. The van der Waals surface area contributed by atoms with E-state index in [1.165, 1.54) is 0 Å². The van der Waals surface area contributed by atoms with Crippen LogP contribution in [0.4, 0.5) is 8.78 Å². The van der Waals surface area contributed by atoms with E-state index in [0.717, 1.165) is 17.7 Å². The first-order valence-corrected chi connectivity index (χ1v) is 6.14. The minimum absolute atomic E-state index is 0.0326. The van der Waals surface area contributed by atoms with Gasteiger partial charge in [-0.3, -0.25) is 0 Å². The van der Waals surface area contributed by atoms with Crippen molar-refractivity contribution >= 4 is 12.0 Å². The van der Waals surface area contributed by atoms with E-state index in [1.54, 1.807) is 12.2 Å². The molecule has 0 aliphatic heterocycles. The van der Waals surface area contributed by atoms with Gasteiger partial charge in [-0.1, -0.05) is 36.4 Å². The number of hydrogen-bond acceptors (Lipinski definition) is 2. The highest BCUT2D eigenvalue weighted by Gasteiger charge is 2.15. The van der Waals surface area contributed by atoms with E-state index in [9.17, 15) is 13.6 Å². The predicted octanol–water partition coefficient (Wildman–Crippen LogP) is 3.76. The van der Waals surface area contributed by atoms with Crippen LogP contribution in [-0.2, 0) is 0 Å². The summed E-state index contributed by atoms with van der Waals surface area (Å²) in [4.78, 5) is 10.6. The second-order valence-corrected chi connectivity index (χ2v) is 4.20. The molecule has 108 valence electrons. The van der Waals surface area contributed by atoms with Crippen molar-refractivity contribution in [2.45, 2.75) is 0 Å². The van der Waals surface area contributed by atoms with Crippen LogP contribution in [0, 0.1) is 11.6 Å². The van der Waals surface area contributed by atoms with Gasteiger partial charge >= 0.3 is 5.97 Å². The standard InChI is InChI=1S/C16H12F2O3/c17-13-9-12(16(19)20)10-14(18)15(13)21-8-4-7-11-5-2-1-3-6-11/h1-7,9-10H,8H2,(H,19,20). The van der Waals surface area contributed by atoms with E-state index in [1.807, 2.05) is 30.3 Å². The molecular weight excluding hydrogens is 278 g/mol. The molecule has 0 radical (unpaired) electrons. The topological polar surface area (TPSA) is 46.5 Å². The summed E-state index contributed by atoms with van der Waals surface area (Å²) in [5.74, 6) is -4.07. The van der Waals surface area contributed by atoms with Crippen molar-refractivity contribution in [1.82, 2.24) is 0 Å². The minimum Gasteiger partial charge on any atom is -0.483 e. The van der Waals surface area contributed by atoms with Gasteiger partial charge in [0.1, 0.15) is 6.61 Å². The zero-order valence-electron chi connectivity index (χ0n) is 10.9. The van der Waals surface area contributed by atoms with Gasteiger partial charge in [-0.2, -0.15) is 0 Å². The van der Waals surface area contributed by atoms with Crippen molar-refractivity contribution in [2.24, 2.45) is 0 Å². The molecule has 0 spiro atoms. The smallest absolute Gasteiger partial charge is 0.335 e. The molecule has 0 unspecified atom stereocenters. The first-order chi connectivity index (χ1) is 10.1. The Balaban J connectivity index is 2.04. The molecule has 0 saturated carbocycles. The highest BCUT2D eigenvalue weighted by atomic mass is 19.1. The Hall–Kier alpha value is -2.69. The SMILES string of the molecule is O=C(O)c1cc(F)c(OCC=Cc2ccccc2)c(F)c1. The normalized spacial score (nSPS) is 10.8. The van der Waals surface area contributed by atoms with Crippen LogP contribution in [0.25, 0.3) is 6.08 Å². The van der Waals surface area contributed by atoms with E-state index >= 15 is 0 Å². The summed E-state index contributed by atoms with van der Waals surface area (Å²) in [7, 11) is 0. The van der Waals surface area contributed by atoms with E-state index in [2.05, 4.69) is 0 Å². The molecule has 2 aromatic carbocycles. The molecule has 2 aromatic rings. The Kier molecular flexibility index (Phi) is 4.66. The van der Waals surface area contributed by atoms with E-state index in [4.69, 9.17) is 9.84 Å². The first kappa shape index (κ1) is 14.7. The van der Waals surface area contributed by atoms with Crippen LogP contribution in [0.15, 0.2) is 48.5 Å². The van der Waals surface area contributed by atoms with Gasteiger partial charge in [-0.05, 0) is 23.8 Å². The van der Waals surface area contributed by atoms with Crippen molar-refractivity contribution in [3.63, 3.8) is 0 Å². The second kappa shape index (κ2) is 6.65. The number of carbonyl (C=O) groups is 1. The third-order valence-corrected chi connectivity index (χ3v) is 2.68. The van der Waals surface area contributed by atoms with Crippen molar-refractivity contribution in [1.29, 1.82) is 0 Å². The van der Waals surface area contributed by atoms with E-state index < -0.39 is 28.9 Å². The molecule has 2 rings (SSSR count). The van der Waals surface area contributed by atoms with Crippen molar-refractivity contribution in [3.8, 4) is 5.75 Å². The first-order valence-electron chi connectivity index (χ1n) is 6.14. The van der Waals surface area contributed by atoms with Crippen molar-refractivity contribution < 1.29 is 23.4 Å². The minimum atomic E-state index is -1.40. The summed E-state index contributed by atoms with van der Waals surface area (Å²) in [6, 6.07) is 10.8. The number of aromatic carboxylic acids is 1. The van der Waals surface area contributed by atoms with Gasteiger partial charge < -0.3 is 9.84 Å². The highest BCUT2D eigenvalue weighted by Crippen LogP contribution is 2.23. The molecule has 0 aliphatic carbocycles.